The van der Waals surface area contributed by atoms with E-state index in [0.29, 0.717) is 5.75 Å². The van der Waals surface area contributed by atoms with Crippen LogP contribution in [-0.4, -0.2) is 25.0 Å². The molecule has 0 N–H and O–H groups in total. The molecule has 0 bridgehead atoms. The normalized spacial score (nSPS) is 10.3. The Morgan fingerprint density at radius 2 is 1.77 bits per heavy atom. The Kier molecular flexibility index (Phi) is 6.79. The molecular formula is C24H21BrN2O3. The maximum atomic E-state index is 12.9. The van der Waals surface area contributed by atoms with Crippen LogP contribution in [0.1, 0.15) is 10.4 Å². The molecule has 6 heteroatoms. The third kappa shape index (κ3) is 4.33. The van der Waals surface area contributed by atoms with Gasteiger partial charge in [-0.15, -0.1) is 0 Å². The van der Waals surface area contributed by atoms with Gasteiger partial charge >= 0.3 is 0 Å². The van der Waals surface area contributed by atoms with Gasteiger partial charge in [0.25, 0.3) is 6.33 Å². The summed E-state index contributed by atoms with van der Waals surface area (Å²) in [5.74, 6) is 1.45. The summed E-state index contributed by atoms with van der Waals surface area (Å²) < 4.78 is 12.5. The molecule has 3 aromatic carbocycles. The Morgan fingerprint density at radius 1 is 0.967 bits per heavy atom. The summed E-state index contributed by atoms with van der Waals surface area (Å²) in [6.45, 7) is 0.223. The minimum atomic E-state index is 0. The highest BCUT2D eigenvalue weighted by molar-refractivity contribution is 6.07. The molecule has 0 atom stereocenters. The van der Waals surface area contributed by atoms with Gasteiger partial charge in [0.1, 0.15) is 11.5 Å². The van der Waals surface area contributed by atoms with E-state index in [-0.39, 0.29) is 29.3 Å². The van der Waals surface area contributed by atoms with Gasteiger partial charge in [0.15, 0.2) is 12.2 Å². The number of aromatic nitrogens is 2. The number of ketones is 1. The molecule has 0 spiro atoms. The van der Waals surface area contributed by atoms with Gasteiger partial charge in [0, 0.05) is 17.7 Å². The van der Waals surface area contributed by atoms with E-state index in [1.807, 2.05) is 72.9 Å². The van der Waals surface area contributed by atoms with E-state index in [0.717, 1.165) is 33.3 Å². The smallest absolute Gasteiger partial charge is 0.287 e. The molecule has 0 aliphatic rings. The number of benzene rings is 3. The number of methoxy groups -OCH3 is 2. The van der Waals surface area contributed by atoms with E-state index in [2.05, 4.69) is 4.98 Å². The molecule has 0 saturated carbocycles. The van der Waals surface area contributed by atoms with E-state index in [1.54, 1.807) is 25.1 Å². The van der Waals surface area contributed by atoms with Crippen molar-refractivity contribution in [2.75, 3.05) is 14.2 Å². The number of ether oxygens (including phenoxy) is 2. The average Bonchev–Trinajstić information content (AvgIpc) is 2.78. The molecule has 1 aromatic heterocycles. The quantitative estimate of drug-likeness (QED) is 0.316. The maximum Gasteiger partial charge on any atom is 0.287 e. The van der Waals surface area contributed by atoms with Crippen LogP contribution < -0.4 is 31.0 Å². The number of carbonyl (C=O) groups is 1. The molecule has 0 unspecified atom stereocenters. The third-order valence-corrected chi connectivity index (χ3v) is 4.87. The first-order valence-corrected chi connectivity index (χ1v) is 9.28. The predicted molar refractivity (Wildman–Crippen MR) is 111 cm³/mol. The lowest BCUT2D eigenvalue weighted by Gasteiger charge is -2.08. The molecule has 0 radical (unpaired) electrons. The highest BCUT2D eigenvalue weighted by atomic mass is 79.9. The maximum absolute atomic E-state index is 12.9. The van der Waals surface area contributed by atoms with Gasteiger partial charge in [-0.1, -0.05) is 42.5 Å². The number of hydrogen-bond acceptors (Lipinski definition) is 4. The molecule has 30 heavy (non-hydrogen) atoms. The standard InChI is InChI=1S/C24H21N2O3.BrH/c1-28-18-10-11-21(24(14-18)29-2)22-12-13-26(16-25-22)15-23(27)20-9-5-7-17-6-3-4-8-19(17)20;/h3-14,16H,15H2,1-2H3;1H/q+1;/p-1. The lowest BCUT2D eigenvalue weighted by atomic mass is 10.0. The van der Waals surface area contributed by atoms with E-state index < -0.39 is 0 Å². The Balaban J connectivity index is 0.00000256. The number of hydrogen-bond donors (Lipinski definition) is 0. The van der Waals surface area contributed by atoms with Crippen molar-refractivity contribution < 1.29 is 35.8 Å². The van der Waals surface area contributed by atoms with E-state index in [1.165, 1.54) is 0 Å². The summed E-state index contributed by atoms with van der Waals surface area (Å²) in [5, 5.41) is 2.02. The molecule has 5 nitrogen and oxygen atoms in total. The fourth-order valence-electron chi connectivity index (χ4n) is 3.37. The Labute approximate surface area is 185 Å². The number of nitrogens with zero attached hydrogens (tertiary/aromatic N) is 2. The molecule has 4 rings (SSSR count). The highest BCUT2D eigenvalue weighted by Crippen LogP contribution is 2.31. The second-order valence-corrected chi connectivity index (χ2v) is 6.63. The van der Waals surface area contributed by atoms with Crippen molar-refractivity contribution in [3.63, 3.8) is 0 Å². The first-order chi connectivity index (χ1) is 14.2. The summed E-state index contributed by atoms with van der Waals surface area (Å²) in [7, 11) is 3.23. The molecule has 0 saturated heterocycles. The first kappa shape index (κ1) is 21.5. The molecule has 0 aliphatic heterocycles. The van der Waals surface area contributed by atoms with Crippen LogP contribution in [0, 0.1) is 0 Å². The minimum Gasteiger partial charge on any atom is -1.00 e. The van der Waals surface area contributed by atoms with E-state index in [4.69, 9.17) is 9.47 Å². The number of fused-ring (bicyclic) bond motifs is 1. The van der Waals surface area contributed by atoms with Gasteiger partial charge in [-0.2, -0.15) is 0 Å². The van der Waals surface area contributed by atoms with Crippen molar-refractivity contribution in [1.29, 1.82) is 0 Å². The van der Waals surface area contributed by atoms with Crippen LogP contribution in [0.25, 0.3) is 22.0 Å². The monoisotopic (exact) mass is 464 g/mol. The van der Waals surface area contributed by atoms with Crippen molar-refractivity contribution in [3.05, 3.63) is 84.8 Å². The summed E-state index contributed by atoms with van der Waals surface area (Å²) in [6, 6.07) is 21.2. The second-order valence-electron chi connectivity index (χ2n) is 6.63. The van der Waals surface area contributed by atoms with Crippen molar-refractivity contribution in [3.8, 4) is 22.8 Å². The van der Waals surface area contributed by atoms with Crippen LogP contribution >= 0.6 is 0 Å². The van der Waals surface area contributed by atoms with Gasteiger partial charge in [0.05, 0.1) is 26.0 Å². The zero-order valence-corrected chi connectivity index (χ0v) is 18.3. The fraction of sp³-hybridized carbons (Fsp3) is 0.125. The zero-order valence-electron chi connectivity index (χ0n) is 16.7. The highest BCUT2D eigenvalue weighted by Gasteiger charge is 2.16. The average molecular weight is 465 g/mol. The molecule has 0 aliphatic carbocycles. The number of rotatable bonds is 6. The number of carbonyl (C=O) groups excluding carboxylic acids is 1. The largest absolute Gasteiger partial charge is 1.00 e. The van der Waals surface area contributed by atoms with Gasteiger partial charge in [-0.05, 0) is 27.9 Å². The topological polar surface area (TPSA) is 52.3 Å². The summed E-state index contributed by atoms with van der Waals surface area (Å²) in [4.78, 5) is 17.4. The van der Waals surface area contributed by atoms with Crippen LogP contribution in [0.15, 0.2) is 79.3 Å². The van der Waals surface area contributed by atoms with Crippen LogP contribution in [-0.2, 0) is 6.54 Å². The number of halogens is 1. The fourth-order valence-corrected chi connectivity index (χ4v) is 3.37. The van der Waals surface area contributed by atoms with Crippen molar-refractivity contribution in [2.45, 2.75) is 6.54 Å². The lowest BCUT2D eigenvalue weighted by Crippen LogP contribution is -3.00. The van der Waals surface area contributed by atoms with Crippen molar-refractivity contribution >= 4 is 16.6 Å². The van der Waals surface area contributed by atoms with Crippen LogP contribution in [0.4, 0.5) is 0 Å². The van der Waals surface area contributed by atoms with Gasteiger partial charge in [-0.25, -0.2) is 4.57 Å². The van der Waals surface area contributed by atoms with Crippen LogP contribution in [0.2, 0.25) is 0 Å². The molecule has 4 aromatic rings. The van der Waals surface area contributed by atoms with Gasteiger partial charge < -0.3 is 26.5 Å². The molecule has 0 fully saturated rings. The second kappa shape index (κ2) is 9.50. The minimum absolute atomic E-state index is 0. The van der Waals surface area contributed by atoms with E-state index >= 15 is 0 Å². The SMILES string of the molecule is COc1ccc(-c2cc[n+](CC(=O)c3cccc4ccccc34)cn2)c(OC)c1.[Br-]. The Bertz CT molecular complexity index is 1170. The van der Waals surface area contributed by atoms with Crippen molar-refractivity contribution in [1.82, 2.24) is 4.98 Å². The Hall–Kier alpha value is -3.25. The van der Waals surface area contributed by atoms with E-state index in [9.17, 15) is 4.79 Å². The van der Waals surface area contributed by atoms with Gasteiger partial charge in [0.2, 0.25) is 5.78 Å². The van der Waals surface area contributed by atoms with Crippen LogP contribution in [0.5, 0.6) is 11.5 Å². The summed E-state index contributed by atoms with van der Waals surface area (Å²) in [5.41, 5.74) is 2.34. The first-order valence-electron chi connectivity index (χ1n) is 9.28. The third-order valence-electron chi connectivity index (χ3n) is 4.87. The van der Waals surface area contributed by atoms with Crippen LogP contribution in [0.3, 0.4) is 0 Å². The zero-order chi connectivity index (χ0) is 20.2. The molecule has 1 heterocycles. The summed E-state index contributed by atoms with van der Waals surface area (Å²) in [6.07, 6.45) is 3.52. The molecule has 152 valence electrons. The Morgan fingerprint density at radius 3 is 2.50 bits per heavy atom. The lowest BCUT2D eigenvalue weighted by molar-refractivity contribution is -0.686. The number of Topliss-reactive ketones (excluding diaryl/α,β-unsaturated/α-hetero) is 1. The molecule has 0 amide bonds. The summed E-state index contributed by atoms with van der Waals surface area (Å²) >= 11 is 0. The van der Waals surface area contributed by atoms with Gasteiger partial charge in [-0.3, -0.25) is 4.79 Å². The predicted octanol–water partition coefficient (Wildman–Crippen LogP) is 1.09. The molecular weight excluding hydrogens is 444 g/mol. The van der Waals surface area contributed by atoms with Crippen molar-refractivity contribution in [2.24, 2.45) is 0 Å².